The Bertz CT molecular complexity index is 483. The number of fused-ring (bicyclic) bond motifs is 1. The lowest BCUT2D eigenvalue weighted by Crippen LogP contribution is -2.49. The Morgan fingerprint density at radius 1 is 1.48 bits per heavy atom. The van der Waals surface area contributed by atoms with E-state index in [9.17, 15) is 4.39 Å². The number of aromatic nitrogens is 1. The van der Waals surface area contributed by atoms with Crippen LogP contribution in [-0.4, -0.2) is 36.8 Å². The number of ether oxygens (including phenoxy) is 1. The smallest absolute Gasteiger partial charge is 0.170 e. The molecule has 2 aliphatic rings. The Kier molecular flexibility index (Phi) is 4.70. The summed E-state index contributed by atoms with van der Waals surface area (Å²) >= 11 is 0. The summed E-state index contributed by atoms with van der Waals surface area (Å²) in [6.07, 6.45) is 6.34. The molecule has 1 aromatic heterocycles. The summed E-state index contributed by atoms with van der Waals surface area (Å²) in [5.41, 5.74) is 0.703. The van der Waals surface area contributed by atoms with Gasteiger partial charge in [-0.2, -0.15) is 0 Å². The van der Waals surface area contributed by atoms with Gasteiger partial charge >= 0.3 is 0 Å². The van der Waals surface area contributed by atoms with Crippen LogP contribution in [0.2, 0.25) is 0 Å². The number of nitrogens with zero attached hydrogens (tertiary/aromatic N) is 2. The van der Waals surface area contributed by atoms with Gasteiger partial charge in [-0.1, -0.05) is 6.92 Å². The van der Waals surface area contributed by atoms with Crippen LogP contribution >= 0.6 is 0 Å². The van der Waals surface area contributed by atoms with Gasteiger partial charge in [-0.15, -0.1) is 0 Å². The van der Waals surface area contributed by atoms with Crippen molar-refractivity contribution < 1.29 is 9.13 Å². The van der Waals surface area contributed by atoms with Crippen molar-refractivity contribution in [1.29, 1.82) is 0 Å². The molecule has 116 valence electrons. The summed E-state index contributed by atoms with van der Waals surface area (Å²) in [7, 11) is 0. The predicted octanol–water partition coefficient (Wildman–Crippen LogP) is 2.48. The first-order chi connectivity index (χ1) is 10.3. The molecule has 2 atom stereocenters. The molecule has 0 aromatic carbocycles. The molecule has 21 heavy (non-hydrogen) atoms. The fraction of sp³-hybridized carbons (Fsp3) is 0.688. The molecule has 1 N–H and O–H groups in total. The third kappa shape index (κ3) is 3.04. The average molecular weight is 293 g/mol. The van der Waals surface area contributed by atoms with Gasteiger partial charge in [0, 0.05) is 24.8 Å². The topological polar surface area (TPSA) is 37.4 Å². The third-order valence-electron chi connectivity index (χ3n) is 4.45. The maximum absolute atomic E-state index is 14.8. The zero-order valence-corrected chi connectivity index (χ0v) is 12.6. The van der Waals surface area contributed by atoms with Crippen LogP contribution in [0.5, 0.6) is 0 Å². The Labute approximate surface area is 125 Å². The maximum atomic E-state index is 14.8. The first kappa shape index (κ1) is 14.7. The number of hydrogen-bond donors (Lipinski definition) is 1. The van der Waals surface area contributed by atoms with Crippen LogP contribution in [0.15, 0.2) is 12.3 Å². The largest absolute Gasteiger partial charge is 0.374 e. The number of morpholine rings is 1. The van der Waals surface area contributed by atoms with Crippen molar-refractivity contribution in [2.24, 2.45) is 0 Å². The Morgan fingerprint density at radius 2 is 2.38 bits per heavy atom. The van der Waals surface area contributed by atoms with E-state index in [1.807, 2.05) is 0 Å². The van der Waals surface area contributed by atoms with Gasteiger partial charge in [0.15, 0.2) is 11.6 Å². The molecule has 1 saturated heterocycles. The van der Waals surface area contributed by atoms with E-state index in [4.69, 9.17) is 4.74 Å². The van der Waals surface area contributed by atoms with Gasteiger partial charge in [-0.25, -0.2) is 9.37 Å². The minimum Gasteiger partial charge on any atom is -0.374 e. The maximum Gasteiger partial charge on any atom is 0.170 e. The lowest BCUT2D eigenvalue weighted by Gasteiger charge is -2.38. The molecule has 1 saturated carbocycles. The number of nitrogens with one attached hydrogen (secondary N) is 1. The standard InChI is InChI=1S/C16H24FN3O/c1-2-7-18-11-12-6-8-19-16(15(12)17)20-9-10-21-14-5-3-4-13(14)20/h6,8,13-14,18H,2-5,7,9-11H2,1H3. The van der Waals surface area contributed by atoms with E-state index < -0.39 is 0 Å². The van der Waals surface area contributed by atoms with Gasteiger partial charge < -0.3 is 15.0 Å². The van der Waals surface area contributed by atoms with E-state index in [-0.39, 0.29) is 11.9 Å². The second-order valence-corrected chi connectivity index (χ2v) is 5.89. The van der Waals surface area contributed by atoms with Crippen LogP contribution in [0.4, 0.5) is 10.2 Å². The Morgan fingerprint density at radius 3 is 3.24 bits per heavy atom. The van der Waals surface area contributed by atoms with Crippen LogP contribution in [0.25, 0.3) is 0 Å². The van der Waals surface area contributed by atoms with E-state index in [2.05, 4.69) is 22.1 Å². The molecule has 4 nitrogen and oxygen atoms in total. The molecule has 0 spiro atoms. The van der Waals surface area contributed by atoms with Crippen LogP contribution < -0.4 is 10.2 Å². The first-order valence-electron chi connectivity index (χ1n) is 8.03. The number of rotatable bonds is 5. The highest BCUT2D eigenvalue weighted by Gasteiger charge is 2.37. The van der Waals surface area contributed by atoms with E-state index in [1.54, 1.807) is 12.3 Å². The molecule has 5 heteroatoms. The molecule has 2 fully saturated rings. The van der Waals surface area contributed by atoms with Crippen molar-refractivity contribution in [2.45, 2.75) is 51.3 Å². The van der Waals surface area contributed by atoms with Crippen molar-refractivity contribution in [3.05, 3.63) is 23.6 Å². The Hall–Kier alpha value is -1.20. The third-order valence-corrected chi connectivity index (χ3v) is 4.45. The summed E-state index contributed by atoms with van der Waals surface area (Å²) in [4.78, 5) is 6.44. The molecule has 0 radical (unpaired) electrons. The summed E-state index contributed by atoms with van der Waals surface area (Å²) in [5, 5.41) is 3.26. The van der Waals surface area contributed by atoms with Crippen LogP contribution in [-0.2, 0) is 11.3 Å². The van der Waals surface area contributed by atoms with Gasteiger partial charge in [-0.3, -0.25) is 0 Å². The Balaban J connectivity index is 1.79. The molecule has 0 bridgehead atoms. The summed E-state index contributed by atoms with van der Waals surface area (Å²) in [6.45, 7) is 4.97. The van der Waals surface area contributed by atoms with E-state index in [0.717, 1.165) is 38.8 Å². The minimum absolute atomic E-state index is 0.173. The van der Waals surface area contributed by atoms with Gasteiger partial charge in [0.1, 0.15) is 0 Å². The molecular formula is C16H24FN3O. The van der Waals surface area contributed by atoms with E-state index in [1.165, 1.54) is 0 Å². The summed E-state index contributed by atoms with van der Waals surface area (Å²) in [6, 6.07) is 2.06. The fourth-order valence-electron chi connectivity index (χ4n) is 3.40. The van der Waals surface area contributed by atoms with Crippen molar-refractivity contribution in [3.8, 4) is 0 Å². The average Bonchev–Trinajstić information content (AvgIpc) is 2.98. The van der Waals surface area contributed by atoms with Crippen molar-refractivity contribution in [2.75, 3.05) is 24.6 Å². The molecule has 0 amide bonds. The minimum atomic E-state index is -0.173. The molecular weight excluding hydrogens is 269 g/mol. The van der Waals surface area contributed by atoms with Crippen molar-refractivity contribution in [3.63, 3.8) is 0 Å². The highest BCUT2D eigenvalue weighted by molar-refractivity contribution is 5.45. The molecule has 3 rings (SSSR count). The number of halogens is 1. The zero-order valence-electron chi connectivity index (χ0n) is 12.6. The second kappa shape index (κ2) is 6.71. The summed E-state index contributed by atoms with van der Waals surface area (Å²) < 4.78 is 20.6. The highest BCUT2D eigenvalue weighted by atomic mass is 19.1. The van der Waals surface area contributed by atoms with Gasteiger partial charge in [0.05, 0.1) is 18.8 Å². The number of anilines is 1. The second-order valence-electron chi connectivity index (χ2n) is 5.89. The molecule has 2 unspecified atom stereocenters. The van der Waals surface area contributed by atoms with Crippen molar-refractivity contribution >= 4 is 5.82 Å². The van der Waals surface area contributed by atoms with Crippen LogP contribution in [0, 0.1) is 5.82 Å². The molecule has 1 aliphatic heterocycles. The SMILES string of the molecule is CCCNCc1ccnc(N2CCOC3CCCC32)c1F. The lowest BCUT2D eigenvalue weighted by molar-refractivity contribution is 0.0250. The van der Waals surface area contributed by atoms with Gasteiger partial charge in [0.2, 0.25) is 0 Å². The first-order valence-corrected chi connectivity index (χ1v) is 8.03. The van der Waals surface area contributed by atoms with Crippen molar-refractivity contribution in [1.82, 2.24) is 10.3 Å². The molecule has 1 aromatic rings. The quantitative estimate of drug-likeness (QED) is 0.846. The fourth-order valence-corrected chi connectivity index (χ4v) is 3.40. The molecule has 1 aliphatic carbocycles. The van der Waals surface area contributed by atoms with Crippen LogP contribution in [0.3, 0.4) is 0 Å². The lowest BCUT2D eigenvalue weighted by atomic mass is 10.1. The predicted molar refractivity (Wildman–Crippen MR) is 80.9 cm³/mol. The number of hydrogen-bond acceptors (Lipinski definition) is 4. The zero-order chi connectivity index (χ0) is 14.7. The molecule has 2 heterocycles. The monoisotopic (exact) mass is 293 g/mol. The van der Waals surface area contributed by atoms with E-state index >= 15 is 0 Å². The van der Waals surface area contributed by atoms with Gasteiger partial charge in [0.25, 0.3) is 0 Å². The normalized spacial score (nSPS) is 25.1. The highest BCUT2D eigenvalue weighted by Crippen LogP contribution is 2.33. The van der Waals surface area contributed by atoms with Gasteiger partial charge in [-0.05, 0) is 38.3 Å². The van der Waals surface area contributed by atoms with E-state index in [0.29, 0.717) is 30.6 Å². The van der Waals surface area contributed by atoms with Crippen LogP contribution in [0.1, 0.15) is 38.2 Å². The summed E-state index contributed by atoms with van der Waals surface area (Å²) in [5.74, 6) is 0.333. The number of pyridine rings is 1.